The van der Waals surface area contributed by atoms with Crippen molar-refractivity contribution in [3.63, 3.8) is 0 Å². The predicted octanol–water partition coefficient (Wildman–Crippen LogP) is 1.56. The molecule has 3 heterocycles. The summed E-state index contributed by atoms with van der Waals surface area (Å²) >= 11 is 0. The van der Waals surface area contributed by atoms with Gasteiger partial charge in [-0.3, -0.25) is 0 Å². The number of rotatable bonds is 3. The summed E-state index contributed by atoms with van der Waals surface area (Å²) in [5.41, 5.74) is 0. The highest BCUT2D eigenvalue weighted by atomic mass is 16.5. The van der Waals surface area contributed by atoms with Crippen molar-refractivity contribution in [2.24, 2.45) is 7.05 Å². The van der Waals surface area contributed by atoms with E-state index >= 15 is 0 Å². The van der Waals surface area contributed by atoms with Crippen molar-refractivity contribution in [3.05, 3.63) is 35.8 Å². The van der Waals surface area contributed by atoms with Crippen molar-refractivity contribution in [2.75, 3.05) is 19.7 Å². The van der Waals surface area contributed by atoms with Crippen LogP contribution in [0.2, 0.25) is 0 Å². The normalized spacial score (nSPS) is 19.6. The molecule has 0 aliphatic carbocycles. The standard InChI is InChI=1S/C15H21N5O3/c1-10-4-5-12(23-10)11(2)17-15(21)20-6-7-22-13(8-20)14-18-16-9-19(14)3/h4-5,9,11,13H,6-8H2,1-3H3,(H,17,21)/t11-,13-/m1/s1. The molecule has 2 amide bonds. The van der Waals surface area contributed by atoms with E-state index in [4.69, 9.17) is 9.15 Å². The Hall–Kier alpha value is -2.35. The van der Waals surface area contributed by atoms with Gasteiger partial charge in [-0.15, -0.1) is 10.2 Å². The third-order valence-electron chi connectivity index (χ3n) is 3.92. The van der Waals surface area contributed by atoms with E-state index in [0.717, 1.165) is 17.3 Å². The Bertz CT molecular complexity index is 680. The molecule has 0 unspecified atom stereocenters. The van der Waals surface area contributed by atoms with Crippen molar-refractivity contribution in [1.82, 2.24) is 25.0 Å². The Morgan fingerprint density at radius 3 is 2.96 bits per heavy atom. The van der Waals surface area contributed by atoms with E-state index in [1.807, 2.05) is 33.0 Å². The average Bonchev–Trinajstić information content (AvgIpc) is 3.16. The Morgan fingerprint density at radius 2 is 2.30 bits per heavy atom. The molecule has 1 aliphatic rings. The van der Waals surface area contributed by atoms with E-state index in [1.54, 1.807) is 15.8 Å². The molecule has 8 heteroatoms. The maximum Gasteiger partial charge on any atom is 0.318 e. The van der Waals surface area contributed by atoms with Crippen LogP contribution in [0.4, 0.5) is 4.79 Å². The molecule has 124 valence electrons. The first-order chi connectivity index (χ1) is 11.0. The lowest BCUT2D eigenvalue weighted by Gasteiger charge is -2.33. The summed E-state index contributed by atoms with van der Waals surface area (Å²) in [6.45, 7) is 5.24. The highest BCUT2D eigenvalue weighted by Gasteiger charge is 2.29. The molecule has 8 nitrogen and oxygen atoms in total. The lowest BCUT2D eigenvalue weighted by Crippen LogP contribution is -2.48. The van der Waals surface area contributed by atoms with Crippen LogP contribution in [0, 0.1) is 6.92 Å². The number of amides is 2. The third-order valence-corrected chi connectivity index (χ3v) is 3.92. The van der Waals surface area contributed by atoms with Crippen LogP contribution in [0.25, 0.3) is 0 Å². The van der Waals surface area contributed by atoms with Gasteiger partial charge in [0.05, 0.1) is 19.2 Å². The molecule has 1 N–H and O–H groups in total. The van der Waals surface area contributed by atoms with Crippen molar-refractivity contribution in [3.8, 4) is 0 Å². The smallest absolute Gasteiger partial charge is 0.318 e. The third kappa shape index (κ3) is 3.37. The Labute approximate surface area is 134 Å². The number of urea groups is 1. The molecule has 1 fully saturated rings. The van der Waals surface area contributed by atoms with Crippen LogP contribution in [0.5, 0.6) is 0 Å². The number of hydrogen-bond donors (Lipinski definition) is 1. The van der Waals surface area contributed by atoms with Gasteiger partial charge >= 0.3 is 6.03 Å². The number of carbonyl (C=O) groups is 1. The summed E-state index contributed by atoms with van der Waals surface area (Å²) in [6.07, 6.45) is 1.36. The number of hydrogen-bond acceptors (Lipinski definition) is 5. The zero-order valence-corrected chi connectivity index (χ0v) is 13.5. The number of ether oxygens (including phenoxy) is 1. The monoisotopic (exact) mass is 319 g/mol. The van der Waals surface area contributed by atoms with Gasteiger partial charge in [0.2, 0.25) is 0 Å². The van der Waals surface area contributed by atoms with Gasteiger partial charge in [0.15, 0.2) is 5.82 Å². The predicted molar refractivity (Wildman–Crippen MR) is 81.7 cm³/mol. The SMILES string of the molecule is Cc1ccc([C@@H](C)NC(=O)N2CCO[C@@H](c3nncn3C)C2)o1. The molecule has 0 spiro atoms. The number of nitrogens with one attached hydrogen (secondary N) is 1. The number of aromatic nitrogens is 3. The van der Waals surface area contributed by atoms with E-state index < -0.39 is 0 Å². The molecule has 1 aliphatic heterocycles. The molecule has 2 atom stereocenters. The van der Waals surface area contributed by atoms with Gasteiger partial charge < -0.3 is 23.9 Å². The van der Waals surface area contributed by atoms with E-state index in [0.29, 0.717) is 19.7 Å². The first kappa shape index (κ1) is 15.5. The van der Waals surface area contributed by atoms with Gasteiger partial charge in [-0.25, -0.2) is 4.79 Å². The molecular weight excluding hydrogens is 298 g/mol. The van der Waals surface area contributed by atoms with Gasteiger partial charge in [0.25, 0.3) is 0 Å². The zero-order valence-electron chi connectivity index (χ0n) is 13.5. The average molecular weight is 319 g/mol. The van der Waals surface area contributed by atoms with Gasteiger partial charge in [0, 0.05) is 13.6 Å². The van der Waals surface area contributed by atoms with Crippen LogP contribution in [0.3, 0.4) is 0 Å². The first-order valence-corrected chi connectivity index (χ1v) is 7.62. The van der Waals surface area contributed by atoms with Crippen LogP contribution in [0.1, 0.15) is 36.4 Å². The molecular formula is C15H21N5O3. The Balaban J connectivity index is 1.62. The van der Waals surface area contributed by atoms with Crippen molar-refractivity contribution in [2.45, 2.75) is 26.0 Å². The number of furan rings is 1. The minimum Gasteiger partial charge on any atom is -0.464 e. The zero-order chi connectivity index (χ0) is 16.4. The summed E-state index contributed by atoms with van der Waals surface area (Å²) in [4.78, 5) is 14.2. The molecule has 23 heavy (non-hydrogen) atoms. The second-order valence-electron chi connectivity index (χ2n) is 5.73. The summed E-state index contributed by atoms with van der Waals surface area (Å²) in [5.74, 6) is 2.29. The van der Waals surface area contributed by atoms with Crippen molar-refractivity contribution < 1.29 is 13.9 Å². The summed E-state index contributed by atoms with van der Waals surface area (Å²) in [5, 5.41) is 10.9. The van der Waals surface area contributed by atoms with Crippen LogP contribution >= 0.6 is 0 Å². The molecule has 0 radical (unpaired) electrons. The summed E-state index contributed by atoms with van der Waals surface area (Å²) < 4.78 is 13.1. The highest BCUT2D eigenvalue weighted by Crippen LogP contribution is 2.21. The number of aryl methyl sites for hydroxylation is 2. The van der Waals surface area contributed by atoms with Crippen LogP contribution < -0.4 is 5.32 Å². The van der Waals surface area contributed by atoms with Gasteiger partial charge in [-0.1, -0.05) is 0 Å². The quantitative estimate of drug-likeness (QED) is 0.928. The van der Waals surface area contributed by atoms with Crippen molar-refractivity contribution >= 4 is 6.03 Å². The maximum atomic E-state index is 12.5. The van der Waals surface area contributed by atoms with E-state index in [1.165, 1.54) is 0 Å². The lowest BCUT2D eigenvalue weighted by atomic mass is 10.2. The van der Waals surface area contributed by atoms with Crippen LogP contribution in [-0.2, 0) is 11.8 Å². The second-order valence-corrected chi connectivity index (χ2v) is 5.73. The number of carbonyl (C=O) groups excluding carboxylic acids is 1. The fourth-order valence-corrected chi connectivity index (χ4v) is 2.61. The fraction of sp³-hybridized carbons (Fsp3) is 0.533. The van der Waals surface area contributed by atoms with E-state index in [9.17, 15) is 4.79 Å². The maximum absolute atomic E-state index is 12.5. The Morgan fingerprint density at radius 1 is 1.48 bits per heavy atom. The minimum absolute atomic E-state index is 0.137. The lowest BCUT2D eigenvalue weighted by molar-refractivity contribution is -0.0218. The van der Waals surface area contributed by atoms with Gasteiger partial charge in [-0.05, 0) is 26.0 Å². The molecule has 1 saturated heterocycles. The molecule has 2 aromatic rings. The molecule has 0 bridgehead atoms. The topological polar surface area (TPSA) is 85.4 Å². The molecule has 0 aromatic carbocycles. The second kappa shape index (κ2) is 6.41. The number of morpholine rings is 1. The van der Waals surface area contributed by atoms with Crippen LogP contribution in [-0.4, -0.2) is 45.4 Å². The minimum atomic E-state index is -0.261. The highest BCUT2D eigenvalue weighted by molar-refractivity contribution is 5.74. The summed E-state index contributed by atoms with van der Waals surface area (Å²) in [7, 11) is 1.86. The van der Waals surface area contributed by atoms with Gasteiger partial charge in [-0.2, -0.15) is 0 Å². The van der Waals surface area contributed by atoms with E-state index in [2.05, 4.69) is 15.5 Å². The first-order valence-electron chi connectivity index (χ1n) is 7.62. The number of nitrogens with zero attached hydrogens (tertiary/aromatic N) is 4. The molecule has 3 rings (SSSR count). The van der Waals surface area contributed by atoms with E-state index in [-0.39, 0.29) is 18.2 Å². The largest absolute Gasteiger partial charge is 0.464 e. The molecule has 0 saturated carbocycles. The van der Waals surface area contributed by atoms with Gasteiger partial charge in [0.1, 0.15) is 24.0 Å². The summed E-state index contributed by atoms with van der Waals surface area (Å²) in [6, 6.07) is 3.44. The Kier molecular flexibility index (Phi) is 4.33. The van der Waals surface area contributed by atoms with Crippen LogP contribution in [0.15, 0.2) is 22.9 Å². The fourth-order valence-electron chi connectivity index (χ4n) is 2.61. The molecule has 2 aromatic heterocycles. The van der Waals surface area contributed by atoms with Crippen molar-refractivity contribution in [1.29, 1.82) is 0 Å².